The van der Waals surface area contributed by atoms with E-state index in [0.717, 1.165) is 12.2 Å². The van der Waals surface area contributed by atoms with E-state index in [2.05, 4.69) is 6.58 Å². The Balaban J connectivity index is 4.10. The Bertz CT molecular complexity index is 337. The number of hydrogen-bond acceptors (Lipinski definition) is 2. The summed E-state index contributed by atoms with van der Waals surface area (Å²) in [4.78, 5) is 20.4. The van der Waals surface area contributed by atoms with Crippen molar-refractivity contribution in [3.63, 3.8) is 0 Å². The molecule has 4 nitrogen and oxygen atoms in total. The number of carbonyl (C=O) groups is 2. The molecule has 0 saturated carbocycles. The van der Waals surface area contributed by atoms with E-state index in [1.807, 2.05) is 0 Å². The third kappa shape index (κ3) is 8.50. The van der Waals surface area contributed by atoms with Gasteiger partial charge in [-0.15, -0.1) is 6.58 Å². The minimum atomic E-state index is -1.00. The Hall–Kier alpha value is -2.10. The van der Waals surface area contributed by atoms with Crippen molar-refractivity contribution in [3.8, 4) is 0 Å². The SMILES string of the molecule is C=CC(C=CC(=O)O)CC=CC=CC(=O)O. The third-order valence-electron chi connectivity index (χ3n) is 1.68. The molecule has 2 N–H and O–H groups in total. The van der Waals surface area contributed by atoms with Crippen molar-refractivity contribution in [1.29, 1.82) is 0 Å². The molecule has 16 heavy (non-hydrogen) atoms. The van der Waals surface area contributed by atoms with Crippen molar-refractivity contribution in [2.24, 2.45) is 5.92 Å². The summed E-state index contributed by atoms with van der Waals surface area (Å²) >= 11 is 0. The summed E-state index contributed by atoms with van der Waals surface area (Å²) in [5.41, 5.74) is 0. The molecule has 0 aliphatic heterocycles. The van der Waals surface area contributed by atoms with Crippen LogP contribution in [0.25, 0.3) is 0 Å². The molecule has 0 aromatic heterocycles. The lowest BCUT2D eigenvalue weighted by atomic mass is 10.1. The van der Waals surface area contributed by atoms with Crippen LogP contribution >= 0.6 is 0 Å². The largest absolute Gasteiger partial charge is 0.478 e. The molecule has 0 spiro atoms. The van der Waals surface area contributed by atoms with Crippen molar-refractivity contribution in [3.05, 3.63) is 49.1 Å². The summed E-state index contributed by atoms with van der Waals surface area (Å²) in [6, 6.07) is 0. The zero-order chi connectivity index (χ0) is 12.4. The van der Waals surface area contributed by atoms with E-state index in [9.17, 15) is 9.59 Å². The summed E-state index contributed by atoms with van der Waals surface area (Å²) in [6.07, 6.45) is 10.6. The van der Waals surface area contributed by atoms with Crippen molar-refractivity contribution in [2.45, 2.75) is 6.42 Å². The van der Waals surface area contributed by atoms with Gasteiger partial charge in [-0.05, 0) is 12.3 Å². The predicted octanol–water partition coefficient (Wildman–Crippen LogP) is 2.02. The van der Waals surface area contributed by atoms with E-state index in [-0.39, 0.29) is 5.92 Å². The minimum Gasteiger partial charge on any atom is -0.478 e. The number of aliphatic carboxylic acids is 2. The van der Waals surface area contributed by atoms with E-state index >= 15 is 0 Å². The molecule has 86 valence electrons. The van der Waals surface area contributed by atoms with Crippen LogP contribution in [0.2, 0.25) is 0 Å². The summed E-state index contributed by atoms with van der Waals surface area (Å²) in [5, 5.41) is 16.7. The lowest BCUT2D eigenvalue weighted by Gasteiger charge is -2.00. The zero-order valence-corrected chi connectivity index (χ0v) is 8.74. The highest BCUT2D eigenvalue weighted by Gasteiger charge is 1.96. The molecule has 0 aliphatic carbocycles. The van der Waals surface area contributed by atoms with Gasteiger partial charge in [0.25, 0.3) is 0 Å². The normalized spacial score (nSPS) is 13.5. The first-order chi connectivity index (χ1) is 7.56. The second kappa shape index (κ2) is 8.23. The van der Waals surface area contributed by atoms with Crippen LogP contribution in [0.1, 0.15) is 6.42 Å². The van der Waals surface area contributed by atoms with E-state index < -0.39 is 11.9 Å². The van der Waals surface area contributed by atoms with E-state index in [0.29, 0.717) is 6.42 Å². The van der Waals surface area contributed by atoms with Crippen LogP contribution in [0.5, 0.6) is 0 Å². The standard InChI is InChI=1S/C12H14O4/c1-2-10(8-9-12(15)16)6-4-3-5-7-11(13)14/h2-5,7-10H,1,6H2,(H,13,14)(H,15,16). The smallest absolute Gasteiger partial charge is 0.328 e. The van der Waals surface area contributed by atoms with Gasteiger partial charge in [-0.2, -0.15) is 0 Å². The van der Waals surface area contributed by atoms with Gasteiger partial charge in [-0.1, -0.05) is 30.4 Å². The second-order valence-electron chi connectivity index (χ2n) is 2.96. The first kappa shape index (κ1) is 13.9. The maximum Gasteiger partial charge on any atom is 0.328 e. The summed E-state index contributed by atoms with van der Waals surface area (Å²) in [7, 11) is 0. The molecule has 0 bridgehead atoms. The molecule has 0 radical (unpaired) electrons. The van der Waals surface area contributed by atoms with Crippen LogP contribution in [-0.4, -0.2) is 22.2 Å². The summed E-state index contributed by atoms with van der Waals surface area (Å²) in [6.45, 7) is 3.58. The van der Waals surface area contributed by atoms with Gasteiger partial charge in [0.05, 0.1) is 0 Å². The third-order valence-corrected chi connectivity index (χ3v) is 1.68. The van der Waals surface area contributed by atoms with Gasteiger partial charge < -0.3 is 10.2 Å². The van der Waals surface area contributed by atoms with Gasteiger partial charge in [0.2, 0.25) is 0 Å². The van der Waals surface area contributed by atoms with Gasteiger partial charge in [0.15, 0.2) is 0 Å². The van der Waals surface area contributed by atoms with Gasteiger partial charge in [0.1, 0.15) is 0 Å². The van der Waals surface area contributed by atoms with Crippen LogP contribution in [0.4, 0.5) is 0 Å². The van der Waals surface area contributed by atoms with Gasteiger partial charge in [-0.25, -0.2) is 9.59 Å². The first-order valence-corrected chi connectivity index (χ1v) is 4.66. The van der Waals surface area contributed by atoms with Gasteiger partial charge in [-0.3, -0.25) is 0 Å². The van der Waals surface area contributed by atoms with Crippen LogP contribution in [0.15, 0.2) is 49.1 Å². The Kier molecular flexibility index (Phi) is 7.15. The second-order valence-corrected chi connectivity index (χ2v) is 2.96. The van der Waals surface area contributed by atoms with Crippen LogP contribution in [0, 0.1) is 5.92 Å². The van der Waals surface area contributed by atoms with Crippen molar-refractivity contribution < 1.29 is 19.8 Å². The lowest BCUT2D eigenvalue weighted by Crippen LogP contribution is -1.92. The number of carboxylic acids is 2. The fourth-order valence-electron chi connectivity index (χ4n) is 0.911. The maximum atomic E-state index is 10.3. The van der Waals surface area contributed by atoms with E-state index in [1.54, 1.807) is 18.2 Å². The topological polar surface area (TPSA) is 74.6 Å². The highest BCUT2D eigenvalue weighted by Crippen LogP contribution is 2.07. The predicted molar refractivity (Wildman–Crippen MR) is 61.0 cm³/mol. The van der Waals surface area contributed by atoms with Gasteiger partial charge >= 0.3 is 11.9 Å². The average molecular weight is 222 g/mol. The molecule has 0 fully saturated rings. The molecule has 0 saturated heterocycles. The van der Waals surface area contributed by atoms with Gasteiger partial charge in [0, 0.05) is 12.2 Å². The number of carboxylic acid groups (broad SMARTS) is 2. The fourth-order valence-corrected chi connectivity index (χ4v) is 0.911. The maximum absolute atomic E-state index is 10.3. The lowest BCUT2D eigenvalue weighted by molar-refractivity contribution is -0.132. The molecular weight excluding hydrogens is 208 g/mol. The number of rotatable bonds is 7. The fraction of sp³-hybridized carbons (Fsp3) is 0.167. The highest BCUT2D eigenvalue weighted by atomic mass is 16.4. The molecule has 0 heterocycles. The Labute approximate surface area is 93.9 Å². The first-order valence-electron chi connectivity index (χ1n) is 4.66. The number of hydrogen-bond donors (Lipinski definition) is 2. The average Bonchev–Trinajstić information content (AvgIpc) is 2.21. The molecule has 0 aromatic carbocycles. The Morgan fingerprint density at radius 2 is 1.75 bits per heavy atom. The number of allylic oxidation sites excluding steroid dienone is 5. The molecular formula is C12H14O4. The molecule has 0 aromatic rings. The molecule has 4 heteroatoms. The van der Waals surface area contributed by atoms with Crippen LogP contribution in [0.3, 0.4) is 0 Å². The summed E-state index contributed by atoms with van der Waals surface area (Å²) in [5.74, 6) is -2.07. The molecule has 0 aliphatic rings. The van der Waals surface area contributed by atoms with Crippen molar-refractivity contribution >= 4 is 11.9 Å². The summed E-state index contributed by atoms with van der Waals surface area (Å²) < 4.78 is 0. The Morgan fingerprint density at radius 3 is 2.25 bits per heavy atom. The minimum absolute atomic E-state index is 0.0643. The van der Waals surface area contributed by atoms with Crippen molar-refractivity contribution in [1.82, 2.24) is 0 Å². The molecule has 0 amide bonds. The Morgan fingerprint density at radius 1 is 1.12 bits per heavy atom. The van der Waals surface area contributed by atoms with Crippen LogP contribution < -0.4 is 0 Å². The van der Waals surface area contributed by atoms with Crippen LogP contribution in [-0.2, 0) is 9.59 Å². The zero-order valence-electron chi connectivity index (χ0n) is 8.74. The van der Waals surface area contributed by atoms with Crippen molar-refractivity contribution in [2.75, 3.05) is 0 Å². The quantitative estimate of drug-likeness (QED) is 0.392. The highest BCUT2D eigenvalue weighted by molar-refractivity contribution is 5.80. The van der Waals surface area contributed by atoms with E-state index in [1.165, 1.54) is 12.2 Å². The molecule has 1 atom stereocenters. The monoisotopic (exact) mass is 222 g/mol. The molecule has 1 unspecified atom stereocenters. The molecule has 0 rings (SSSR count). The van der Waals surface area contributed by atoms with E-state index in [4.69, 9.17) is 10.2 Å².